The number of rotatable bonds is 7. The molecule has 0 saturated carbocycles. The van der Waals surface area contributed by atoms with Crippen molar-refractivity contribution in [2.24, 2.45) is 0 Å². The minimum absolute atomic E-state index is 0.127. The molecule has 0 aromatic carbocycles. The van der Waals surface area contributed by atoms with Crippen molar-refractivity contribution >= 4 is 39.3 Å². The number of fused-ring (bicyclic) bond motifs is 1. The van der Waals surface area contributed by atoms with E-state index < -0.39 is 5.97 Å². The van der Waals surface area contributed by atoms with Gasteiger partial charge in [0, 0.05) is 6.61 Å². The average Bonchev–Trinajstić information content (AvgIpc) is 2.87. The van der Waals surface area contributed by atoms with E-state index in [-0.39, 0.29) is 11.3 Å². The summed E-state index contributed by atoms with van der Waals surface area (Å²) in [5.74, 6) is -1.07. The van der Waals surface area contributed by atoms with Gasteiger partial charge in [-0.05, 0) is 18.4 Å². The summed E-state index contributed by atoms with van der Waals surface area (Å²) < 4.78 is 6.74. The van der Waals surface area contributed by atoms with E-state index >= 15 is 0 Å². The first-order valence-corrected chi connectivity index (χ1v) is 7.90. The lowest BCUT2D eigenvalue weighted by Crippen LogP contribution is -2.25. The summed E-state index contributed by atoms with van der Waals surface area (Å²) in [6.45, 7) is 3.21. The minimum Gasteiger partial charge on any atom is -0.481 e. The number of thioether (sulfide) groups is 1. The maximum absolute atomic E-state index is 12.4. The number of hydrogen-bond acceptors (Lipinski definition) is 6. The smallest absolute Gasteiger partial charge is 0.313 e. The van der Waals surface area contributed by atoms with Crippen LogP contribution >= 0.6 is 23.1 Å². The van der Waals surface area contributed by atoms with Crippen LogP contribution in [0.25, 0.3) is 10.2 Å². The largest absolute Gasteiger partial charge is 0.481 e. The van der Waals surface area contributed by atoms with Crippen LogP contribution in [0, 0.1) is 0 Å². The second kappa shape index (κ2) is 6.87. The maximum atomic E-state index is 12.4. The van der Waals surface area contributed by atoms with Gasteiger partial charge < -0.3 is 9.84 Å². The van der Waals surface area contributed by atoms with Crippen LogP contribution in [0.4, 0.5) is 0 Å². The summed E-state index contributed by atoms with van der Waals surface area (Å²) in [6, 6.07) is 1.73. The third-order valence-electron chi connectivity index (χ3n) is 2.54. The number of aliphatic carboxylic acids is 1. The van der Waals surface area contributed by atoms with Gasteiger partial charge in [0.1, 0.15) is 4.83 Å². The molecular weight excluding hydrogens is 300 g/mol. The lowest BCUT2D eigenvalue weighted by atomic mass is 10.4. The van der Waals surface area contributed by atoms with Crippen molar-refractivity contribution in [1.82, 2.24) is 9.55 Å². The molecule has 2 rings (SSSR count). The molecule has 108 valence electrons. The zero-order valence-corrected chi connectivity index (χ0v) is 12.5. The topological polar surface area (TPSA) is 81.4 Å². The van der Waals surface area contributed by atoms with Gasteiger partial charge >= 0.3 is 5.97 Å². The fraction of sp³-hybridized carbons (Fsp3) is 0.417. The van der Waals surface area contributed by atoms with Gasteiger partial charge in [0.15, 0.2) is 5.16 Å². The van der Waals surface area contributed by atoms with Gasteiger partial charge in [-0.2, -0.15) is 0 Å². The Labute approximate surface area is 123 Å². The Balaban J connectivity index is 2.37. The molecule has 0 radical (unpaired) electrons. The lowest BCUT2D eigenvalue weighted by molar-refractivity contribution is -0.133. The second-order valence-electron chi connectivity index (χ2n) is 3.87. The number of ether oxygens (including phenoxy) is 1. The molecule has 1 N–H and O–H groups in total. The third kappa shape index (κ3) is 3.38. The average molecular weight is 314 g/mol. The Bertz CT molecular complexity index is 665. The van der Waals surface area contributed by atoms with Crippen LogP contribution in [0.5, 0.6) is 0 Å². The first-order chi connectivity index (χ1) is 9.63. The summed E-state index contributed by atoms with van der Waals surface area (Å²) in [5, 5.41) is 11.6. The number of carbonyl (C=O) groups is 1. The first kappa shape index (κ1) is 15.0. The molecule has 2 heterocycles. The van der Waals surface area contributed by atoms with Gasteiger partial charge in [-0.1, -0.05) is 11.8 Å². The molecule has 6 nitrogen and oxygen atoms in total. The van der Waals surface area contributed by atoms with Crippen molar-refractivity contribution < 1.29 is 14.6 Å². The molecule has 8 heteroatoms. The van der Waals surface area contributed by atoms with Crippen LogP contribution in [-0.4, -0.2) is 39.6 Å². The highest BCUT2D eigenvalue weighted by Crippen LogP contribution is 2.20. The fourth-order valence-electron chi connectivity index (χ4n) is 1.66. The van der Waals surface area contributed by atoms with E-state index in [1.165, 1.54) is 15.9 Å². The Kier molecular flexibility index (Phi) is 5.16. The highest BCUT2D eigenvalue weighted by Gasteiger charge is 2.13. The molecule has 0 atom stereocenters. The Hall–Kier alpha value is -1.38. The van der Waals surface area contributed by atoms with Crippen molar-refractivity contribution in [3.05, 3.63) is 21.8 Å². The molecule has 20 heavy (non-hydrogen) atoms. The second-order valence-corrected chi connectivity index (χ2v) is 5.71. The van der Waals surface area contributed by atoms with Crippen LogP contribution in [0.3, 0.4) is 0 Å². The minimum atomic E-state index is -0.938. The number of carboxylic acid groups (broad SMARTS) is 1. The van der Waals surface area contributed by atoms with Gasteiger partial charge in [0.2, 0.25) is 0 Å². The van der Waals surface area contributed by atoms with E-state index in [9.17, 15) is 9.59 Å². The number of hydrogen-bond donors (Lipinski definition) is 1. The molecule has 2 aromatic heterocycles. The summed E-state index contributed by atoms with van der Waals surface area (Å²) in [6.07, 6.45) is 0. The molecule has 0 amide bonds. The van der Waals surface area contributed by atoms with E-state index in [0.29, 0.717) is 35.1 Å². The van der Waals surface area contributed by atoms with Crippen molar-refractivity contribution in [1.29, 1.82) is 0 Å². The van der Waals surface area contributed by atoms with E-state index in [1.54, 1.807) is 11.4 Å². The Morgan fingerprint density at radius 3 is 3.10 bits per heavy atom. The highest BCUT2D eigenvalue weighted by atomic mass is 32.2. The summed E-state index contributed by atoms with van der Waals surface area (Å²) in [5.41, 5.74) is -0.149. The standard InChI is InChI=1S/C12H14N2O4S2/c1-2-18-5-4-14-11(17)8-3-6-19-10(8)13-12(14)20-7-9(15)16/h3,6H,2,4-5,7H2,1H3,(H,15,16). The zero-order valence-electron chi connectivity index (χ0n) is 10.9. The Morgan fingerprint density at radius 2 is 2.40 bits per heavy atom. The van der Waals surface area contributed by atoms with Crippen LogP contribution in [0.1, 0.15) is 6.92 Å². The number of nitrogens with zero attached hydrogens (tertiary/aromatic N) is 2. The van der Waals surface area contributed by atoms with E-state index in [0.717, 1.165) is 11.8 Å². The fourth-order valence-corrected chi connectivity index (χ4v) is 3.21. The molecule has 2 aromatic rings. The Morgan fingerprint density at radius 1 is 1.60 bits per heavy atom. The van der Waals surface area contributed by atoms with Crippen molar-refractivity contribution in [3.8, 4) is 0 Å². The number of aromatic nitrogens is 2. The molecule has 0 bridgehead atoms. The van der Waals surface area contributed by atoms with E-state index in [1.807, 2.05) is 6.92 Å². The van der Waals surface area contributed by atoms with E-state index in [4.69, 9.17) is 9.84 Å². The monoisotopic (exact) mass is 314 g/mol. The molecule has 0 aliphatic carbocycles. The predicted octanol–water partition coefficient (Wildman–Crippen LogP) is 1.67. The number of carboxylic acids is 1. The molecular formula is C12H14N2O4S2. The summed E-state index contributed by atoms with van der Waals surface area (Å²) in [7, 11) is 0. The van der Waals surface area contributed by atoms with Gasteiger partial charge in [0.25, 0.3) is 5.56 Å². The predicted molar refractivity (Wildman–Crippen MR) is 78.7 cm³/mol. The SMILES string of the molecule is CCOCCn1c(SCC(=O)O)nc2sccc2c1=O. The van der Waals surface area contributed by atoms with Crippen molar-refractivity contribution in [2.45, 2.75) is 18.6 Å². The molecule has 0 aliphatic heterocycles. The van der Waals surface area contributed by atoms with Crippen LogP contribution in [0.15, 0.2) is 21.4 Å². The van der Waals surface area contributed by atoms with Gasteiger partial charge in [-0.15, -0.1) is 11.3 Å². The van der Waals surface area contributed by atoms with Crippen LogP contribution in [-0.2, 0) is 16.1 Å². The van der Waals surface area contributed by atoms with Crippen molar-refractivity contribution in [3.63, 3.8) is 0 Å². The van der Waals surface area contributed by atoms with Crippen molar-refractivity contribution in [2.75, 3.05) is 19.0 Å². The van der Waals surface area contributed by atoms with Crippen LogP contribution < -0.4 is 5.56 Å². The van der Waals surface area contributed by atoms with Gasteiger partial charge in [-0.25, -0.2) is 4.98 Å². The van der Waals surface area contributed by atoms with Gasteiger partial charge in [0.05, 0.1) is 24.3 Å². The third-order valence-corrected chi connectivity index (χ3v) is 4.30. The normalized spacial score (nSPS) is 11.1. The molecule has 0 spiro atoms. The molecule has 0 fully saturated rings. The summed E-state index contributed by atoms with van der Waals surface area (Å²) in [4.78, 5) is 28.1. The molecule has 0 saturated heterocycles. The summed E-state index contributed by atoms with van der Waals surface area (Å²) >= 11 is 2.42. The molecule has 0 aliphatic rings. The quantitative estimate of drug-likeness (QED) is 0.476. The molecule has 0 unspecified atom stereocenters. The zero-order chi connectivity index (χ0) is 14.5. The van der Waals surface area contributed by atoms with E-state index in [2.05, 4.69) is 4.98 Å². The first-order valence-electron chi connectivity index (χ1n) is 6.04. The lowest BCUT2D eigenvalue weighted by Gasteiger charge is -2.11. The van der Waals surface area contributed by atoms with Crippen LogP contribution in [0.2, 0.25) is 0 Å². The number of thiophene rings is 1. The maximum Gasteiger partial charge on any atom is 0.313 e. The highest BCUT2D eigenvalue weighted by molar-refractivity contribution is 7.99. The van der Waals surface area contributed by atoms with Gasteiger partial charge in [-0.3, -0.25) is 14.2 Å².